The van der Waals surface area contributed by atoms with E-state index in [1.54, 1.807) is 0 Å². The van der Waals surface area contributed by atoms with Crippen LogP contribution in [0.1, 0.15) is 37.5 Å². The molecule has 3 N–H and O–H groups in total. The molecule has 1 aromatic rings. The average molecular weight is 194 g/mol. The van der Waals surface area contributed by atoms with Crippen molar-refractivity contribution in [3.05, 3.63) is 18.2 Å². The third kappa shape index (κ3) is 1.81. The van der Waals surface area contributed by atoms with Crippen molar-refractivity contribution in [2.75, 3.05) is 13.1 Å². The number of nitrogens with zero attached hydrogens (tertiary/aromatic N) is 2. The Bertz CT molecular complexity index is 290. The summed E-state index contributed by atoms with van der Waals surface area (Å²) in [6, 6.07) is 0.934. The van der Waals surface area contributed by atoms with Crippen LogP contribution in [0, 0.1) is 0 Å². The van der Waals surface area contributed by atoms with Gasteiger partial charge in [0.15, 0.2) is 0 Å². The maximum absolute atomic E-state index is 5.74. The molecule has 0 radical (unpaired) electrons. The topological polar surface area (TPSA) is 55.9 Å². The number of aromatic nitrogens is 2. The van der Waals surface area contributed by atoms with E-state index in [9.17, 15) is 0 Å². The Hall–Kier alpha value is -0.870. The number of hydrogen-bond donors (Lipinski definition) is 2. The number of nitrogens with two attached hydrogens (primary N) is 1. The van der Waals surface area contributed by atoms with E-state index in [4.69, 9.17) is 5.73 Å². The molecule has 0 saturated heterocycles. The van der Waals surface area contributed by atoms with Crippen LogP contribution in [-0.2, 0) is 0 Å². The van der Waals surface area contributed by atoms with Crippen molar-refractivity contribution in [2.45, 2.75) is 31.8 Å². The zero-order chi connectivity index (χ0) is 9.97. The van der Waals surface area contributed by atoms with Crippen molar-refractivity contribution in [2.24, 2.45) is 5.73 Å². The SMILES string of the molecule is CCNC(CN)c1cncn1C1CC1. The van der Waals surface area contributed by atoms with Gasteiger partial charge in [0.25, 0.3) is 0 Å². The first-order valence-electron chi connectivity index (χ1n) is 5.32. The molecule has 1 aromatic heterocycles. The summed E-state index contributed by atoms with van der Waals surface area (Å²) < 4.78 is 2.26. The van der Waals surface area contributed by atoms with Gasteiger partial charge in [0, 0.05) is 18.8 Å². The molecule has 4 nitrogen and oxygen atoms in total. The summed E-state index contributed by atoms with van der Waals surface area (Å²) in [5.41, 5.74) is 6.97. The minimum atomic E-state index is 0.253. The molecule has 1 heterocycles. The smallest absolute Gasteiger partial charge is 0.0951 e. The quantitative estimate of drug-likeness (QED) is 0.730. The zero-order valence-electron chi connectivity index (χ0n) is 8.61. The monoisotopic (exact) mass is 194 g/mol. The minimum Gasteiger partial charge on any atom is -0.330 e. The summed E-state index contributed by atoms with van der Waals surface area (Å²) in [6.07, 6.45) is 6.42. The molecule has 0 bridgehead atoms. The fourth-order valence-corrected chi connectivity index (χ4v) is 1.80. The van der Waals surface area contributed by atoms with E-state index in [-0.39, 0.29) is 6.04 Å². The van der Waals surface area contributed by atoms with Crippen molar-refractivity contribution < 1.29 is 0 Å². The van der Waals surface area contributed by atoms with E-state index in [1.807, 2.05) is 12.5 Å². The minimum absolute atomic E-state index is 0.253. The van der Waals surface area contributed by atoms with Crippen LogP contribution in [0.2, 0.25) is 0 Å². The van der Waals surface area contributed by atoms with E-state index < -0.39 is 0 Å². The summed E-state index contributed by atoms with van der Waals surface area (Å²) in [7, 11) is 0. The van der Waals surface area contributed by atoms with Crippen LogP contribution >= 0.6 is 0 Å². The molecule has 2 rings (SSSR count). The van der Waals surface area contributed by atoms with Crippen molar-refractivity contribution in [3.63, 3.8) is 0 Å². The summed E-state index contributed by atoms with van der Waals surface area (Å²) in [4.78, 5) is 4.20. The molecule has 1 fully saturated rings. The lowest BCUT2D eigenvalue weighted by molar-refractivity contribution is 0.517. The molecular weight excluding hydrogens is 176 g/mol. The van der Waals surface area contributed by atoms with Crippen LogP contribution < -0.4 is 11.1 Å². The first-order chi connectivity index (χ1) is 6.86. The van der Waals surface area contributed by atoms with Crippen LogP contribution in [0.15, 0.2) is 12.5 Å². The molecule has 0 aromatic carbocycles. The molecule has 1 saturated carbocycles. The standard InChI is InChI=1S/C10H18N4/c1-2-13-9(5-11)10-6-12-7-14(10)8-3-4-8/h6-9,13H,2-5,11H2,1H3. The molecule has 4 heteroatoms. The lowest BCUT2D eigenvalue weighted by Crippen LogP contribution is -2.29. The fourth-order valence-electron chi connectivity index (χ4n) is 1.80. The molecule has 14 heavy (non-hydrogen) atoms. The van der Waals surface area contributed by atoms with Crippen molar-refractivity contribution >= 4 is 0 Å². The van der Waals surface area contributed by atoms with Gasteiger partial charge in [-0.3, -0.25) is 0 Å². The molecule has 0 aliphatic heterocycles. The van der Waals surface area contributed by atoms with Gasteiger partial charge in [0.1, 0.15) is 0 Å². The van der Waals surface area contributed by atoms with Crippen LogP contribution in [0.3, 0.4) is 0 Å². The highest BCUT2D eigenvalue weighted by Crippen LogP contribution is 2.36. The van der Waals surface area contributed by atoms with Crippen molar-refractivity contribution in [1.82, 2.24) is 14.9 Å². The van der Waals surface area contributed by atoms with Gasteiger partial charge in [-0.25, -0.2) is 4.98 Å². The Morgan fingerprint density at radius 1 is 1.71 bits per heavy atom. The number of rotatable bonds is 5. The Morgan fingerprint density at radius 2 is 2.50 bits per heavy atom. The Labute approximate surface area is 84.5 Å². The van der Waals surface area contributed by atoms with E-state index in [0.29, 0.717) is 12.6 Å². The highest BCUT2D eigenvalue weighted by atomic mass is 15.1. The Kier molecular flexibility index (Phi) is 2.84. The van der Waals surface area contributed by atoms with E-state index in [1.165, 1.54) is 18.5 Å². The van der Waals surface area contributed by atoms with Crippen molar-refractivity contribution in [1.29, 1.82) is 0 Å². The molecule has 1 aliphatic carbocycles. The van der Waals surface area contributed by atoms with Gasteiger partial charge < -0.3 is 15.6 Å². The molecule has 1 aliphatic rings. The first kappa shape index (κ1) is 9.68. The Morgan fingerprint density at radius 3 is 3.07 bits per heavy atom. The number of nitrogens with one attached hydrogen (secondary N) is 1. The lowest BCUT2D eigenvalue weighted by Gasteiger charge is -2.17. The van der Waals surface area contributed by atoms with Gasteiger partial charge in [-0.2, -0.15) is 0 Å². The number of imidazole rings is 1. The fraction of sp³-hybridized carbons (Fsp3) is 0.700. The average Bonchev–Trinajstić information content (AvgIpc) is 2.94. The van der Waals surface area contributed by atoms with Gasteiger partial charge >= 0.3 is 0 Å². The highest BCUT2D eigenvalue weighted by molar-refractivity contribution is 5.09. The molecular formula is C10H18N4. The zero-order valence-corrected chi connectivity index (χ0v) is 8.61. The second kappa shape index (κ2) is 4.11. The third-order valence-electron chi connectivity index (χ3n) is 2.68. The maximum Gasteiger partial charge on any atom is 0.0951 e. The number of likely N-dealkylation sites (N-methyl/N-ethyl adjacent to an activating group) is 1. The van der Waals surface area contributed by atoms with E-state index in [0.717, 1.165) is 6.54 Å². The largest absolute Gasteiger partial charge is 0.330 e. The molecule has 1 atom stereocenters. The molecule has 1 unspecified atom stereocenters. The van der Waals surface area contributed by atoms with Gasteiger partial charge in [0.2, 0.25) is 0 Å². The van der Waals surface area contributed by atoms with E-state index >= 15 is 0 Å². The Balaban J connectivity index is 2.15. The van der Waals surface area contributed by atoms with Crippen LogP contribution in [0.25, 0.3) is 0 Å². The van der Waals surface area contributed by atoms with E-state index in [2.05, 4.69) is 21.8 Å². The predicted molar refractivity (Wildman–Crippen MR) is 56.0 cm³/mol. The first-order valence-corrected chi connectivity index (χ1v) is 5.32. The summed E-state index contributed by atoms with van der Waals surface area (Å²) in [5.74, 6) is 0. The molecule has 0 spiro atoms. The van der Waals surface area contributed by atoms with Gasteiger partial charge in [0.05, 0.1) is 18.1 Å². The third-order valence-corrected chi connectivity index (χ3v) is 2.68. The van der Waals surface area contributed by atoms with Crippen LogP contribution in [0.4, 0.5) is 0 Å². The normalized spacial score (nSPS) is 18.4. The predicted octanol–water partition coefficient (Wildman–Crippen LogP) is 0.827. The lowest BCUT2D eigenvalue weighted by atomic mass is 10.2. The van der Waals surface area contributed by atoms with Gasteiger partial charge in [-0.05, 0) is 19.4 Å². The molecule has 78 valence electrons. The van der Waals surface area contributed by atoms with Crippen LogP contribution in [0.5, 0.6) is 0 Å². The van der Waals surface area contributed by atoms with Crippen LogP contribution in [-0.4, -0.2) is 22.6 Å². The number of hydrogen-bond acceptors (Lipinski definition) is 3. The van der Waals surface area contributed by atoms with Gasteiger partial charge in [-0.1, -0.05) is 6.92 Å². The highest BCUT2D eigenvalue weighted by Gasteiger charge is 2.27. The maximum atomic E-state index is 5.74. The molecule has 0 amide bonds. The second-order valence-corrected chi connectivity index (χ2v) is 3.80. The summed E-state index contributed by atoms with van der Waals surface area (Å²) >= 11 is 0. The summed E-state index contributed by atoms with van der Waals surface area (Å²) in [5, 5.41) is 3.37. The summed E-state index contributed by atoms with van der Waals surface area (Å²) in [6.45, 7) is 3.67. The van der Waals surface area contributed by atoms with Gasteiger partial charge in [-0.15, -0.1) is 0 Å². The second-order valence-electron chi connectivity index (χ2n) is 3.80. The van der Waals surface area contributed by atoms with Crippen molar-refractivity contribution in [3.8, 4) is 0 Å².